The molecule has 222 valence electrons. The Balaban J connectivity index is 2.30. The molecule has 0 atom stereocenters. The molecule has 0 spiro atoms. The summed E-state index contributed by atoms with van der Waals surface area (Å²) in [5.74, 6) is -1.69. The molecule has 0 aromatic carbocycles. The molecule has 0 aromatic rings. The number of hydrogen-bond acceptors (Lipinski definition) is 6. The molecule has 0 aliphatic carbocycles. The minimum Gasteiger partial charge on any atom is -0.481 e. The zero-order chi connectivity index (χ0) is 29.2. The SMILES string of the molecule is CC1(C)CC(C(CCCCCCCCCC(=O)O)(C(=O)O)C2CC(C)(C)N(O)C(C)(C)C2)CC(C)(C)N1O. The van der Waals surface area contributed by atoms with Crippen molar-refractivity contribution in [2.24, 2.45) is 17.3 Å². The van der Waals surface area contributed by atoms with Crippen LogP contribution in [-0.2, 0) is 9.59 Å². The normalized spacial score (nSPS) is 24.4. The molecule has 0 aromatic heterocycles. The largest absolute Gasteiger partial charge is 0.481 e. The summed E-state index contributed by atoms with van der Waals surface area (Å²) in [6.45, 7) is 16.0. The van der Waals surface area contributed by atoms with Crippen LogP contribution >= 0.6 is 0 Å². The maximum Gasteiger partial charge on any atom is 0.310 e. The molecule has 2 fully saturated rings. The number of aliphatic carboxylic acids is 2. The molecule has 4 N–H and O–H groups in total. The number of carboxylic acids is 2. The van der Waals surface area contributed by atoms with Gasteiger partial charge in [0.15, 0.2) is 0 Å². The minimum absolute atomic E-state index is 0.105. The van der Waals surface area contributed by atoms with Crippen molar-refractivity contribution >= 4 is 11.9 Å². The number of carboxylic acid groups (broad SMARTS) is 2. The number of carbonyl (C=O) groups is 2. The Hall–Kier alpha value is -1.22. The molecule has 8 nitrogen and oxygen atoms in total. The van der Waals surface area contributed by atoms with Gasteiger partial charge >= 0.3 is 11.9 Å². The third-order valence-electron chi connectivity index (χ3n) is 9.61. The van der Waals surface area contributed by atoms with Gasteiger partial charge in [0, 0.05) is 28.6 Å². The number of hydrogen-bond donors (Lipinski definition) is 4. The summed E-state index contributed by atoms with van der Waals surface area (Å²) in [7, 11) is 0. The highest BCUT2D eigenvalue weighted by atomic mass is 16.5. The van der Waals surface area contributed by atoms with Crippen molar-refractivity contribution < 1.29 is 30.2 Å². The van der Waals surface area contributed by atoms with Crippen LogP contribution in [0.5, 0.6) is 0 Å². The van der Waals surface area contributed by atoms with Gasteiger partial charge in [0.2, 0.25) is 0 Å². The number of rotatable bonds is 13. The first-order valence-corrected chi connectivity index (χ1v) is 14.7. The predicted molar refractivity (Wildman–Crippen MR) is 148 cm³/mol. The highest BCUT2D eigenvalue weighted by molar-refractivity contribution is 5.76. The van der Waals surface area contributed by atoms with E-state index in [-0.39, 0.29) is 18.3 Å². The van der Waals surface area contributed by atoms with E-state index < -0.39 is 39.5 Å². The highest BCUT2D eigenvalue weighted by Crippen LogP contribution is 2.58. The Labute approximate surface area is 230 Å². The Morgan fingerprint density at radius 2 is 0.947 bits per heavy atom. The molecule has 0 bridgehead atoms. The molecule has 0 radical (unpaired) electrons. The fourth-order valence-corrected chi connectivity index (χ4v) is 8.04. The predicted octanol–water partition coefficient (Wildman–Crippen LogP) is 6.97. The molecule has 2 heterocycles. The molecule has 0 unspecified atom stereocenters. The fourth-order valence-electron chi connectivity index (χ4n) is 8.04. The molecule has 2 rings (SSSR count). The first-order chi connectivity index (χ1) is 17.3. The van der Waals surface area contributed by atoms with E-state index in [1.165, 1.54) is 10.1 Å². The van der Waals surface area contributed by atoms with Gasteiger partial charge in [0.1, 0.15) is 0 Å². The molecule has 0 saturated carbocycles. The van der Waals surface area contributed by atoms with Gasteiger partial charge < -0.3 is 20.6 Å². The van der Waals surface area contributed by atoms with E-state index in [9.17, 15) is 25.1 Å². The first kappa shape index (κ1) is 33.0. The van der Waals surface area contributed by atoms with Crippen molar-refractivity contribution in [1.82, 2.24) is 10.1 Å². The van der Waals surface area contributed by atoms with Gasteiger partial charge in [-0.15, -0.1) is 0 Å². The van der Waals surface area contributed by atoms with Crippen molar-refractivity contribution in [3.63, 3.8) is 0 Å². The van der Waals surface area contributed by atoms with E-state index in [4.69, 9.17) is 5.11 Å². The zero-order valence-corrected chi connectivity index (χ0v) is 25.3. The molecule has 2 aliphatic rings. The molecule has 2 aliphatic heterocycles. The summed E-state index contributed by atoms with van der Waals surface area (Å²) in [4.78, 5) is 24.2. The Kier molecular flexibility index (Phi) is 10.5. The van der Waals surface area contributed by atoms with Crippen LogP contribution in [0.25, 0.3) is 0 Å². The van der Waals surface area contributed by atoms with Gasteiger partial charge in [0.25, 0.3) is 0 Å². The minimum atomic E-state index is -0.951. The van der Waals surface area contributed by atoms with Crippen molar-refractivity contribution in [2.75, 3.05) is 0 Å². The lowest BCUT2D eigenvalue weighted by Gasteiger charge is -2.60. The third-order valence-corrected chi connectivity index (χ3v) is 9.61. The lowest BCUT2D eigenvalue weighted by atomic mass is 9.52. The number of piperidine rings is 2. The van der Waals surface area contributed by atoms with E-state index in [1.54, 1.807) is 0 Å². The van der Waals surface area contributed by atoms with Crippen LogP contribution in [0, 0.1) is 17.3 Å². The average molecular weight is 541 g/mol. The van der Waals surface area contributed by atoms with Crippen LogP contribution in [0.3, 0.4) is 0 Å². The van der Waals surface area contributed by atoms with Crippen LogP contribution in [0.2, 0.25) is 0 Å². The van der Waals surface area contributed by atoms with Crippen LogP contribution in [-0.4, -0.2) is 64.8 Å². The van der Waals surface area contributed by atoms with Crippen molar-refractivity contribution in [1.29, 1.82) is 0 Å². The van der Waals surface area contributed by atoms with Gasteiger partial charge in [-0.1, -0.05) is 38.5 Å². The summed E-state index contributed by atoms with van der Waals surface area (Å²) in [6, 6.07) is 0. The van der Waals surface area contributed by atoms with E-state index >= 15 is 0 Å². The second-order valence-electron chi connectivity index (χ2n) is 14.8. The van der Waals surface area contributed by atoms with Gasteiger partial charge in [-0.2, -0.15) is 10.1 Å². The molecular formula is C30H56N2O6. The summed E-state index contributed by atoms with van der Waals surface area (Å²) in [5.41, 5.74) is -3.15. The molecular weight excluding hydrogens is 484 g/mol. The molecule has 38 heavy (non-hydrogen) atoms. The standard InChI is InChI=1S/C30H56N2O6/c1-26(2)18-22(19-27(3,4)31(26)37)30(25(35)36,17-15-13-11-9-10-12-14-16-24(33)34)23-20-28(5,6)32(38)29(7,8)21-23/h22-23,37-38H,9-21H2,1-8H3,(H,33,34)(H,35,36). The maximum absolute atomic E-state index is 13.5. The van der Waals surface area contributed by atoms with Crippen molar-refractivity contribution in [3.05, 3.63) is 0 Å². The molecule has 8 heteroatoms. The summed E-state index contributed by atoms with van der Waals surface area (Å²) >= 11 is 0. The number of nitrogens with zero attached hydrogens (tertiary/aromatic N) is 2. The van der Waals surface area contributed by atoms with Crippen LogP contribution in [0.15, 0.2) is 0 Å². The Bertz CT molecular complexity index is 744. The second kappa shape index (κ2) is 12.1. The molecule has 0 amide bonds. The van der Waals surface area contributed by atoms with Crippen LogP contribution in [0.1, 0.15) is 139 Å². The van der Waals surface area contributed by atoms with E-state index in [1.807, 2.05) is 55.4 Å². The fraction of sp³-hybridized carbons (Fsp3) is 0.933. The average Bonchev–Trinajstić information content (AvgIpc) is 2.76. The van der Waals surface area contributed by atoms with Crippen molar-refractivity contribution in [3.8, 4) is 0 Å². The van der Waals surface area contributed by atoms with Crippen molar-refractivity contribution in [2.45, 2.75) is 161 Å². The number of hydroxylamine groups is 4. The quantitative estimate of drug-likeness (QED) is 0.185. The third kappa shape index (κ3) is 7.29. The topological polar surface area (TPSA) is 122 Å². The van der Waals surface area contributed by atoms with Gasteiger partial charge in [-0.3, -0.25) is 9.59 Å². The van der Waals surface area contributed by atoms with Gasteiger partial charge in [0.05, 0.1) is 5.41 Å². The zero-order valence-electron chi connectivity index (χ0n) is 25.3. The summed E-state index contributed by atoms with van der Waals surface area (Å²) in [6.07, 6.45) is 9.66. The van der Waals surface area contributed by atoms with E-state index in [0.717, 1.165) is 38.5 Å². The smallest absolute Gasteiger partial charge is 0.310 e. The highest BCUT2D eigenvalue weighted by Gasteiger charge is 2.61. The van der Waals surface area contributed by atoms with E-state index in [0.29, 0.717) is 38.5 Å². The van der Waals surface area contributed by atoms with Crippen LogP contribution < -0.4 is 0 Å². The van der Waals surface area contributed by atoms with Gasteiger partial charge in [-0.05, 0) is 106 Å². The Morgan fingerprint density at radius 1 is 0.632 bits per heavy atom. The van der Waals surface area contributed by atoms with Crippen LogP contribution in [0.4, 0.5) is 0 Å². The summed E-state index contributed by atoms with van der Waals surface area (Å²) < 4.78 is 0. The number of unbranched alkanes of at least 4 members (excludes halogenated alkanes) is 6. The lowest BCUT2D eigenvalue weighted by molar-refractivity contribution is -0.276. The summed E-state index contributed by atoms with van der Waals surface area (Å²) in [5, 5.41) is 44.7. The Morgan fingerprint density at radius 3 is 1.26 bits per heavy atom. The second-order valence-corrected chi connectivity index (χ2v) is 14.8. The molecule has 2 saturated heterocycles. The first-order valence-electron chi connectivity index (χ1n) is 14.7. The monoisotopic (exact) mass is 540 g/mol. The lowest BCUT2D eigenvalue weighted by Crippen LogP contribution is -2.66. The van der Waals surface area contributed by atoms with Gasteiger partial charge in [-0.25, -0.2) is 0 Å². The van der Waals surface area contributed by atoms with E-state index in [2.05, 4.69) is 0 Å². The maximum atomic E-state index is 13.5.